The molecule has 0 amide bonds. The Morgan fingerprint density at radius 2 is 1.96 bits per heavy atom. The molecule has 0 radical (unpaired) electrons. The topological polar surface area (TPSA) is 61.6 Å². The fourth-order valence-electron chi connectivity index (χ4n) is 3.63. The van der Waals surface area contributed by atoms with E-state index in [4.69, 9.17) is 0 Å². The van der Waals surface area contributed by atoms with E-state index in [9.17, 15) is 9.90 Å². The van der Waals surface area contributed by atoms with Crippen LogP contribution in [0.25, 0.3) is 0 Å². The number of nitrogens with zero attached hydrogens (tertiary/aromatic N) is 4. The first-order valence-corrected chi connectivity index (χ1v) is 8.80. The normalized spacial score (nSPS) is 24.3. The van der Waals surface area contributed by atoms with Crippen LogP contribution in [0.3, 0.4) is 0 Å². The lowest BCUT2D eigenvalue weighted by atomic mass is 10.0. The maximum absolute atomic E-state index is 12.5. The van der Waals surface area contributed by atoms with E-state index in [1.807, 2.05) is 6.20 Å². The third-order valence-corrected chi connectivity index (χ3v) is 5.15. The summed E-state index contributed by atoms with van der Waals surface area (Å²) in [6.07, 6.45) is 5.26. The van der Waals surface area contributed by atoms with Gasteiger partial charge in [0, 0.05) is 31.7 Å². The SMILES string of the molecule is CC(C)N1CCCC(n2ncc(N3CCC(O)CC3)cc2=O)C1. The molecule has 0 saturated carbocycles. The van der Waals surface area contributed by atoms with Crippen LogP contribution >= 0.6 is 0 Å². The first-order valence-electron chi connectivity index (χ1n) is 8.80. The molecule has 2 fully saturated rings. The number of aliphatic hydroxyl groups is 1. The molecule has 6 nitrogen and oxygen atoms in total. The third-order valence-electron chi connectivity index (χ3n) is 5.15. The summed E-state index contributed by atoms with van der Waals surface area (Å²) in [5.41, 5.74) is 0.874. The molecule has 1 aromatic rings. The Bertz CT molecular complexity index is 578. The number of rotatable bonds is 3. The molecule has 1 N–H and O–H groups in total. The highest BCUT2D eigenvalue weighted by molar-refractivity contribution is 5.43. The van der Waals surface area contributed by atoms with Gasteiger partial charge in [-0.2, -0.15) is 5.10 Å². The zero-order valence-corrected chi connectivity index (χ0v) is 14.2. The number of hydrogen-bond acceptors (Lipinski definition) is 5. The summed E-state index contributed by atoms with van der Waals surface area (Å²) in [6, 6.07) is 2.39. The van der Waals surface area contributed by atoms with Crippen molar-refractivity contribution in [2.24, 2.45) is 0 Å². The fourth-order valence-corrected chi connectivity index (χ4v) is 3.63. The molecule has 0 bridgehead atoms. The van der Waals surface area contributed by atoms with Crippen LogP contribution in [0.4, 0.5) is 5.69 Å². The van der Waals surface area contributed by atoms with Crippen molar-refractivity contribution < 1.29 is 5.11 Å². The van der Waals surface area contributed by atoms with E-state index in [0.29, 0.717) is 6.04 Å². The molecule has 0 aliphatic carbocycles. The first kappa shape index (κ1) is 16.5. The molecule has 0 aromatic carbocycles. The van der Waals surface area contributed by atoms with E-state index >= 15 is 0 Å². The van der Waals surface area contributed by atoms with Gasteiger partial charge in [-0.25, -0.2) is 4.68 Å². The van der Waals surface area contributed by atoms with Crippen LogP contribution in [0, 0.1) is 0 Å². The Morgan fingerprint density at radius 1 is 1.22 bits per heavy atom. The second-order valence-electron chi connectivity index (χ2n) is 7.10. The number of piperidine rings is 2. The Kier molecular flexibility index (Phi) is 5.02. The minimum Gasteiger partial charge on any atom is -0.393 e. The van der Waals surface area contributed by atoms with E-state index in [1.165, 1.54) is 0 Å². The van der Waals surface area contributed by atoms with E-state index in [-0.39, 0.29) is 17.7 Å². The van der Waals surface area contributed by atoms with Crippen LogP contribution < -0.4 is 10.5 Å². The standard InChI is InChI=1S/C17H28N4O2/c1-13(2)20-7-3-4-14(12-20)21-17(23)10-15(11-18-21)19-8-5-16(22)6-9-19/h10-11,13-14,16,22H,3-9,12H2,1-2H3. The second-order valence-corrected chi connectivity index (χ2v) is 7.10. The second kappa shape index (κ2) is 7.01. The maximum Gasteiger partial charge on any atom is 0.269 e. The van der Waals surface area contributed by atoms with E-state index < -0.39 is 0 Å². The lowest BCUT2D eigenvalue weighted by Crippen LogP contribution is -2.44. The largest absolute Gasteiger partial charge is 0.393 e. The predicted molar refractivity (Wildman–Crippen MR) is 90.9 cm³/mol. The minimum absolute atomic E-state index is 0.00997. The smallest absolute Gasteiger partial charge is 0.269 e. The van der Waals surface area contributed by atoms with Gasteiger partial charge < -0.3 is 10.0 Å². The highest BCUT2D eigenvalue weighted by Gasteiger charge is 2.25. The molecular formula is C17H28N4O2. The molecule has 2 aliphatic heterocycles. The summed E-state index contributed by atoms with van der Waals surface area (Å²) in [4.78, 5) is 17.1. The summed E-state index contributed by atoms with van der Waals surface area (Å²) in [5, 5.41) is 14.1. The van der Waals surface area contributed by atoms with Gasteiger partial charge in [0.15, 0.2) is 0 Å². The molecular weight excluding hydrogens is 292 g/mol. The minimum atomic E-state index is -0.205. The zero-order chi connectivity index (χ0) is 16.4. The van der Waals surface area contributed by atoms with Crippen molar-refractivity contribution in [3.8, 4) is 0 Å². The van der Waals surface area contributed by atoms with Gasteiger partial charge in [0.25, 0.3) is 5.56 Å². The van der Waals surface area contributed by atoms with Gasteiger partial charge in [0.1, 0.15) is 0 Å². The molecule has 0 spiro atoms. The Labute approximate surface area is 137 Å². The van der Waals surface area contributed by atoms with Crippen molar-refractivity contribution in [1.29, 1.82) is 0 Å². The zero-order valence-electron chi connectivity index (χ0n) is 14.2. The molecule has 3 rings (SSSR count). The molecule has 1 atom stereocenters. The van der Waals surface area contributed by atoms with Crippen LogP contribution in [0.2, 0.25) is 0 Å². The van der Waals surface area contributed by atoms with Gasteiger partial charge in [-0.3, -0.25) is 9.69 Å². The summed E-state index contributed by atoms with van der Waals surface area (Å²) < 4.78 is 1.66. The summed E-state index contributed by atoms with van der Waals surface area (Å²) in [7, 11) is 0. The van der Waals surface area contributed by atoms with Gasteiger partial charge in [-0.05, 0) is 46.1 Å². The Morgan fingerprint density at radius 3 is 2.61 bits per heavy atom. The van der Waals surface area contributed by atoms with Crippen molar-refractivity contribution in [2.75, 3.05) is 31.1 Å². The molecule has 2 saturated heterocycles. The number of anilines is 1. The van der Waals surface area contributed by atoms with Gasteiger partial charge in [0.2, 0.25) is 0 Å². The van der Waals surface area contributed by atoms with Crippen molar-refractivity contribution in [3.05, 3.63) is 22.6 Å². The number of likely N-dealkylation sites (tertiary alicyclic amines) is 1. The molecule has 6 heteroatoms. The summed E-state index contributed by atoms with van der Waals surface area (Å²) in [6.45, 7) is 7.99. The number of hydrogen-bond donors (Lipinski definition) is 1. The third kappa shape index (κ3) is 3.75. The highest BCUT2D eigenvalue weighted by atomic mass is 16.3. The molecule has 128 valence electrons. The molecule has 1 unspecified atom stereocenters. The first-order chi connectivity index (χ1) is 11.0. The average molecular weight is 320 g/mol. The van der Waals surface area contributed by atoms with Gasteiger partial charge >= 0.3 is 0 Å². The maximum atomic E-state index is 12.5. The van der Waals surface area contributed by atoms with Gasteiger partial charge in [-0.15, -0.1) is 0 Å². The van der Waals surface area contributed by atoms with E-state index in [0.717, 1.165) is 57.5 Å². The predicted octanol–water partition coefficient (Wildman–Crippen LogP) is 1.25. The van der Waals surface area contributed by atoms with Crippen LogP contribution in [0.5, 0.6) is 0 Å². The number of aromatic nitrogens is 2. The van der Waals surface area contributed by atoms with Crippen molar-refractivity contribution >= 4 is 5.69 Å². The van der Waals surface area contributed by atoms with Crippen molar-refractivity contribution in [2.45, 2.75) is 57.7 Å². The van der Waals surface area contributed by atoms with Gasteiger partial charge in [0.05, 0.1) is 24.0 Å². The van der Waals surface area contributed by atoms with Crippen LogP contribution in [-0.4, -0.2) is 58.1 Å². The fraction of sp³-hybridized carbons (Fsp3) is 0.765. The van der Waals surface area contributed by atoms with Crippen molar-refractivity contribution in [1.82, 2.24) is 14.7 Å². The molecule has 2 aliphatic rings. The Hall–Kier alpha value is -1.40. The average Bonchev–Trinajstić information content (AvgIpc) is 2.55. The molecule has 3 heterocycles. The quantitative estimate of drug-likeness (QED) is 0.908. The Balaban J connectivity index is 1.73. The van der Waals surface area contributed by atoms with Gasteiger partial charge in [-0.1, -0.05) is 0 Å². The van der Waals surface area contributed by atoms with E-state index in [2.05, 4.69) is 28.7 Å². The van der Waals surface area contributed by atoms with Crippen LogP contribution in [0.15, 0.2) is 17.1 Å². The highest BCUT2D eigenvalue weighted by Crippen LogP contribution is 2.22. The summed E-state index contributed by atoms with van der Waals surface area (Å²) >= 11 is 0. The molecule has 23 heavy (non-hydrogen) atoms. The summed E-state index contributed by atoms with van der Waals surface area (Å²) in [5.74, 6) is 0. The lowest BCUT2D eigenvalue weighted by Gasteiger charge is -2.36. The molecule has 1 aromatic heterocycles. The van der Waals surface area contributed by atoms with Crippen LogP contribution in [-0.2, 0) is 0 Å². The van der Waals surface area contributed by atoms with Crippen molar-refractivity contribution in [3.63, 3.8) is 0 Å². The van der Waals surface area contributed by atoms with Crippen LogP contribution in [0.1, 0.15) is 45.6 Å². The monoisotopic (exact) mass is 320 g/mol. The van der Waals surface area contributed by atoms with E-state index in [1.54, 1.807) is 10.7 Å². The number of aliphatic hydroxyl groups excluding tert-OH is 1. The lowest BCUT2D eigenvalue weighted by molar-refractivity contribution is 0.134.